The molecule has 0 bridgehead atoms. The summed E-state index contributed by atoms with van der Waals surface area (Å²) < 4.78 is 5.33. The summed E-state index contributed by atoms with van der Waals surface area (Å²) in [5.41, 5.74) is 0. The molecule has 1 unspecified atom stereocenters. The molecule has 5 heteroatoms. The largest absolute Gasteiger partial charge is 0.378 e. The van der Waals surface area contributed by atoms with Crippen LogP contribution in [0.1, 0.15) is 32.1 Å². The van der Waals surface area contributed by atoms with Gasteiger partial charge in [0.2, 0.25) is 0 Å². The maximum atomic E-state index is 11.7. The molecule has 1 heterocycles. The Morgan fingerprint density at radius 2 is 2.12 bits per heavy atom. The molecule has 2 aliphatic rings. The molecule has 0 aromatic rings. The number of hydrogen-bond donors (Lipinski definition) is 3. The Bertz CT molecular complexity index is 236. The molecule has 98 valence electrons. The Kier molecular flexibility index (Phi) is 5.07. The van der Waals surface area contributed by atoms with Gasteiger partial charge in [0.05, 0.1) is 13.2 Å². The summed E-state index contributed by atoms with van der Waals surface area (Å²) in [5.74, 6) is 0. The van der Waals surface area contributed by atoms with E-state index in [1.807, 2.05) is 0 Å². The summed E-state index contributed by atoms with van der Waals surface area (Å²) in [6.45, 7) is 2.96. The average Bonchev–Trinajstić information content (AvgIpc) is 2.39. The SMILES string of the molecule is O=C(NCC1COCCN1)NC1CCCCC1. The third-order valence-electron chi connectivity index (χ3n) is 3.45. The number of carbonyl (C=O) groups is 1. The van der Waals surface area contributed by atoms with Crippen LogP contribution >= 0.6 is 0 Å². The van der Waals surface area contributed by atoms with Crippen molar-refractivity contribution in [3.8, 4) is 0 Å². The Labute approximate surface area is 103 Å². The van der Waals surface area contributed by atoms with Gasteiger partial charge in [-0.25, -0.2) is 4.79 Å². The van der Waals surface area contributed by atoms with Crippen LogP contribution in [0.25, 0.3) is 0 Å². The first-order chi connectivity index (χ1) is 8.34. The zero-order valence-corrected chi connectivity index (χ0v) is 10.3. The lowest BCUT2D eigenvalue weighted by Gasteiger charge is -2.26. The monoisotopic (exact) mass is 241 g/mol. The minimum Gasteiger partial charge on any atom is -0.378 e. The van der Waals surface area contributed by atoms with Gasteiger partial charge < -0.3 is 20.7 Å². The van der Waals surface area contributed by atoms with E-state index in [1.54, 1.807) is 0 Å². The van der Waals surface area contributed by atoms with E-state index in [1.165, 1.54) is 19.3 Å². The molecule has 0 radical (unpaired) electrons. The van der Waals surface area contributed by atoms with Crippen molar-refractivity contribution in [3.63, 3.8) is 0 Å². The molecule has 1 saturated carbocycles. The van der Waals surface area contributed by atoms with Crippen molar-refractivity contribution in [1.82, 2.24) is 16.0 Å². The number of rotatable bonds is 3. The first-order valence-electron chi connectivity index (χ1n) is 6.70. The molecular formula is C12H23N3O2. The fourth-order valence-electron chi connectivity index (χ4n) is 2.45. The third-order valence-corrected chi connectivity index (χ3v) is 3.45. The highest BCUT2D eigenvalue weighted by molar-refractivity contribution is 5.74. The molecule has 1 atom stereocenters. The van der Waals surface area contributed by atoms with Gasteiger partial charge in [0.25, 0.3) is 0 Å². The summed E-state index contributed by atoms with van der Waals surface area (Å²) in [5, 5.41) is 9.26. The van der Waals surface area contributed by atoms with Crippen LogP contribution in [0.5, 0.6) is 0 Å². The topological polar surface area (TPSA) is 62.4 Å². The maximum absolute atomic E-state index is 11.7. The van der Waals surface area contributed by atoms with E-state index in [0.29, 0.717) is 19.2 Å². The molecule has 5 nitrogen and oxygen atoms in total. The summed E-state index contributed by atoms with van der Waals surface area (Å²) >= 11 is 0. The molecular weight excluding hydrogens is 218 g/mol. The van der Waals surface area contributed by atoms with Crippen LogP contribution in [0.4, 0.5) is 4.79 Å². The van der Waals surface area contributed by atoms with E-state index >= 15 is 0 Å². The van der Waals surface area contributed by atoms with Gasteiger partial charge >= 0.3 is 6.03 Å². The van der Waals surface area contributed by atoms with Crippen LogP contribution in [0, 0.1) is 0 Å². The zero-order chi connectivity index (χ0) is 11.9. The number of nitrogens with one attached hydrogen (secondary N) is 3. The minimum atomic E-state index is -0.0377. The van der Waals surface area contributed by atoms with Gasteiger partial charge in [-0.2, -0.15) is 0 Å². The molecule has 2 rings (SSSR count). The fourth-order valence-corrected chi connectivity index (χ4v) is 2.45. The summed E-state index contributed by atoms with van der Waals surface area (Å²) in [7, 11) is 0. The number of hydrogen-bond acceptors (Lipinski definition) is 3. The van der Waals surface area contributed by atoms with Crippen molar-refractivity contribution in [2.24, 2.45) is 0 Å². The van der Waals surface area contributed by atoms with Crippen LogP contribution < -0.4 is 16.0 Å². The van der Waals surface area contributed by atoms with E-state index in [9.17, 15) is 4.79 Å². The Hall–Kier alpha value is -0.810. The van der Waals surface area contributed by atoms with E-state index < -0.39 is 0 Å². The number of morpholine rings is 1. The molecule has 1 aliphatic heterocycles. The number of amides is 2. The molecule has 0 aromatic heterocycles. The van der Waals surface area contributed by atoms with Crippen molar-refractivity contribution in [2.75, 3.05) is 26.3 Å². The second kappa shape index (κ2) is 6.81. The zero-order valence-electron chi connectivity index (χ0n) is 10.3. The Morgan fingerprint density at radius 3 is 2.82 bits per heavy atom. The minimum absolute atomic E-state index is 0.0377. The van der Waals surface area contributed by atoms with E-state index in [2.05, 4.69) is 16.0 Å². The number of ether oxygens (including phenoxy) is 1. The lowest BCUT2D eigenvalue weighted by Crippen LogP contribution is -2.51. The summed E-state index contributed by atoms with van der Waals surface area (Å²) in [6.07, 6.45) is 6.03. The van der Waals surface area contributed by atoms with Gasteiger partial charge in [-0.05, 0) is 12.8 Å². The second-order valence-electron chi connectivity index (χ2n) is 4.92. The van der Waals surface area contributed by atoms with Gasteiger partial charge in [-0.3, -0.25) is 0 Å². The molecule has 2 fully saturated rings. The van der Waals surface area contributed by atoms with E-state index in [4.69, 9.17) is 4.74 Å². The first kappa shape index (κ1) is 12.6. The van der Waals surface area contributed by atoms with Gasteiger partial charge in [-0.15, -0.1) is 0 Å². The third kappa shape index (κ3) is 4.52. The number of urea groups is 1. The molecule has 1 saturated heterocycles. The molecule has 0 aromatic carbocycles. The normalized spacial score (nSPS) is 26.5. The smallest absolute Gasteiger partial charge is 0.315 e. The van der Waals surface area contributed by atoms with Gasteiger partial charge in [-0.1, -0.05) is 19.3 Å². The van der Waals surface area contributed by atoms with Crippen LogP contribution in [-0.4, -0.2) is 44.4 Å². The Morgan fingerprint density at radius 1 is 1.29 bits per heavy atom. The molecule has 1 aliphatic carbocycles. The van der Waals surface area contributed by atoms with Crippen molar-refractivity contribution >= 4 is 6.03 Å². The van der Waals surface area contributed by atoms with Crippen LogP contribution in [-0.2, 0) is 4.74 Å². The summed E-state index contributed by atoms with van der Waals surface area (Å²) in [6, 6.07) is 0.587. The van der Waals surface area contributed by atoms with E-state index in [0.717, 1.165) is 26.0 Å². The highest BCUT2D eigenvalue weighted by atomic mass is 16.5. The van der Waals surface area contributed by atoms with Crippen LogP contribution in [0.2, 0.25) is 0 Å². The fraction of sp³-hybridized carbons (Fsp3) is 0.917. The molecule has 3 N–H and O–H groups in total. The quantitative estimate of drug-likeness (QED) is 0.678. The highest BCUT2D eigenvalue weighted by Crippen LogP contribution is 2.17. The predicted octanol–water partition coefficient (Wildman–Crippen LogP) is 0.607. The molecule has 0 spiro atoms. The number of carbonyl (C=O) groups excluding carboxylic acids is 1. The van der Waals surface area contributed by atoms with Crippen LogP contribution in [0.3, 0.4) is 0 Å². The van der Waals surface area contributed by atoms with Crippen LogP contribution in [0.15, 0.2) is 0 Å². The van der Waals surface area contributed by atoms with E-state index in [-0.39, 0.29) is 12.1 Å². The average molecular weight is 241 g/mol. The van der Waals surface area contributed by atoms with Crippen molar-refractivity contribution in [1.29, 1.82) is 0 Å². The molecule has 2 amide bonds. The predicted molar refractivity (Wildman–Crippen MR) is 66.0 cm³/mol. The maximum Gasteiger partial charge on any atom is 0.315 e. The van der Waals surface area contributed by atoms with Crippen molar-refractivity contribution in [2.45, 2.75) is 44.2 Å². The van der Waals surface area contributed by atoms with Gasteiger partial charge in [0, 0.05) is 25.2 Å². The van der Waals surface area contributed by atoms with Gasteiger partial charge in [0.15, 0.2) is 0 Å². The second-order valence-corrected chi connectivity index (χ2v) is 4.92. The van der Waals surface area contributed by atoms with Gasteiger partial charge in [0.1, 0.15) is 0 Å². The Balaban J connectivity index is 1.59. The first-order valence-corrected chi connectivity index (χ1v) is 6.70. The van der Waals surface area contributed by atoms with Crippen molar-refractivity contribution < 1.29 is 9.53 Å². The highest BCUT2D eigenvalue weighted by Gasteiger charge is 2.17. The standard InChI is InChI=1S/C12H23N3O2/c16-12(15-10-4-2-1-3-5-10)14-8-11-9-17-7-6-13-11/h10-11,13H,1-9H2,(H2,14,15,16). The van der Waals surface area contributed by atoms with Crippen molar-refractivity contribution in [3.05, 3.63) is 0 Å². The lowest BCUT2D eigenvalue weighted by molar-refractivity contribution is 0.0773. The lowest BCUT2D eigenvalue weighted by atomic mass is 9.96. The summed E-state index contributed by atoms with van der Waals surface area (Å²) in [4.78, 5) is 11.7. The molecule has 17 heavy (non-hydrogen) atoms.